The first-order chi connectivity index (χ1) is 15.3. The van der Waals surface area contributed by atoms with Crippen molar-refractivity contribution in [2.45, 2.75) is 97.8 Å². The van der Waals surface area contributed by atoms with Crippen molar-refractivity contribution in [1.82, 2.24) is 0 Å². The Morgan fingerprint density at radius 3 is 2.47 bits per heavy atom. The number of rotatable bonds is 12. The Labute approximate surface area is 194 Å². The molecule has 0 radical (unpaired) electrons. The summed E-state index contributed by atoms with van der Waals surface area (Å²) in [6.45, 7) is 12.8. The van der Waals surface area contributed by atoms with Crippen molar-refractivity contribution in [2.75, 3.05) is 6.61 Å². The van der Waals surface area contributed by atoms with Crippen molar-refractivity contribution in [2.24, 2.45) is 5.92 Å². The molecule has 2 N–H and O–H groups in total. The number of carbonyl (C=O) groups is 1. The molecule has 1 aliphatic rings. The molecule has 2 rings (SSSR count). The normalized spacial score (nSPS) is 18.3. The summed E-state index contributed by atoms with van der Waals surface area (Å²) in [5, 5.41) is 22.3. The lowest BCUT2D eigenvalue weighted by molar-refractivity contribution is 0.0493. The highest BCUT2D eigenvalue weighted by molar-refractivity contribution is 5.95. The van der Waals surface area contributed by atoms with E-state index in [1.165, 1.54) is 5.57 Å². The van der Waals surface area contributed by atoms with Crippen LogP contribution in [0.1, 0.15) is 113 Å². The molecule has 2 atom stereocenters. The van der Waals surface area contributed by atoms with Gasteiger partial charge in [-0.3, -0.25) is 0 Å². The smallest absolute Gasteiger partial charge is 0.342 e. The Balaban J connectivity index is 2.45. The van der Waals surface area contributed by atoms with Crippen molar-refractivity contribution < 1.29 is 19.7 Å². The fourth-order valence-electron chi connectivity index (χ4n) is 4.71. The van der Waals surface area contributed by atoms with Crippen LogP contribution >= 0.6 is 0 Å². The zero-order valence-electron chi connectivity index (χ0n) is 20.5. The average Bonchev–Trinajstić information content (AvgIpc) is 2.73. The Kier molecular flexibility index (Phi) is 10.3. The Hall–Kier alpha value is -2.23. The predicted octanol–water partition coefficient (Wildman–Crippen LogP) is 7.58. The van der Waals surface area contributed by atoms with E-state index >= 15 is 0 Å². The largest absolute Gasteiger partial charge is 0.507 e. The molecule has 0 saturated carbocycles. The third-order valence-electron chi connectivity index (χ3n) is 6.60. The van der Waals surface area contributed by atoms with E-state index in [-0.39, 0.29) is 28.9 Å². The number of carbonyl (C=O) groups excluding carboxylic acids is 1. The number of esters is 1. The molecular weight excluding hydrogens is 400 g/mol. The molecule has 0 amide bonds. The Bertz CT molecular complexity index is 821. The number of hydrogen-bond acceptors (Lipinski definition) is 4. The molecule has 1 aromatic carbocycles. The molecule has 4 heteroatoms. The summed E-state index contributed by atoms with van der Waals surface area (Å²) in [5.41, 5.74) is 3.55. The lowest BCUT2D eigenvalue weighted by Gasteiger charge is -2.32. The topological polar surface area (TPSA) is 66.8 Å². The first kappa shape index (κ1) is 26.0. The zero-order chi connectivity index (χ0) is 23.7. The SMILES string of the molecule is C=C(C)C1CCC(C)=CC1c1c(O)cc(CCCCC)c(C(=O)OCCCCCC)c1O. The van der Waals surface area contributed by atoms with Crippen molar-refractivity contribution >= 4 is 5.97 Å². The minimum atomic E-state index is -0.491. The number of aromatic hydroxyl groups is 2. The number of allylic oxidation sites excluding steroid dienone is 3. The van der Waals surface area contributed by atoms with E-state index in [1.54, 1.807) is 6.07 Å². The Morgan fingerprint density at radius 1 is 1.12 bits per heavy atom. The van der Waals surface area contributed by atoms with Crippen molar-refractivity contribution in [1.29, 1.82) is 0 Å². The fourth-order valence-corrected chi connectivity index (χ4v) is 4.71. The summed E-state index contributed by atoms with van der Waals surface area (Å²) in [4.78, 5) is 13.1. The van der Waals surface area contributed by atoms with Gasteiger partial charge in [0, 0.05) is 11.5 Å². The molecule has 0 spiro atoms. The van der Waals surface area contributed by atoms with Crippen LogP contribution in [0.3, 0.4) is 0 Å². The highest BCUT2D eigenvalue weighted by atomic mass is 16.5. The quantitative estimate of drug-likeness (QED) is 0.199. The molecule has 0 heterocycles. The van der Waals surface area contributed by atoms with Gasteiger partial charge in [0.25, 0.3) is 0 Å². The number of ether oxygens (including phenoxy) is 1. The van der Waals surface area contributed by atoms with Crippen LogP contribution in [0.5, 0.6) is 11.5 Å². The van der Waals surface area contributed by atoms with Gasteiger partial charge in [0.15, 0.2) is 0 Å². The van der Waals surface area contributed by atoms with Gasteiger partial charge in [-0.1, -0.05) is 69.8 Å². The molecule has 0 aliphatic heterocycles. The van der Waals surface area contributed by atoms with Gasteiger partial charge in [-0.2, -0.15) is 0 Å². The molecule has 4 nitrogen and oxygen atoms in total. The highest BCUT2D eigenvalue weighted by Gasteiger charge is 2.33. The zero-order valence-corrected chi connectivity index (χ0v) is 20.5. The molecular formula is C28H42O4. The second-order valence-corrected chi connectivity index (χ2v) is 9.38. The van der Waals surface area contributed by atoms with Gasteiger partial charge >= 0.3 is 5.97 Å². The van der Waals surface area contributed by atoms with Crippen LogP contribution in [0.25, 0.3) is 0 Å². The maximum Gasteiger partial charge on any atom is 0.342 e. The summed E-state index contributed by atoms with van der Waals surface area (Å²) in [5.74, 6) is -0.663. The van der Waals surface area contributed by atoms with E-state index in [4.69, 9.17) is 4.74 Å². The van der Waals surface area contributed by atoms with Gasteiger partial charge < -0.3 is 14.9 Å². The van der Waals surface area contributed by atoms with E-state index in [2.05, 4.69) is 33.4 Å². The lowest BCUT2D eigenvalue weighted by Crippen LogP contribution is -2.19. The highest BCUT2D eigenvalue weighted by Crippen LogP contribution is 2.48. The van der Waals surface area contributed by atoms with Crippen LogP contribution in [0.15, 0.2) is 29.9 Å². The summed E-state index contributed by atoms with van der Waals surface area (Å²) >= 11 is 0. The standard InChI is InChI=1S/C28H42O4/c1-6-8-10-12-16-32-28(31)25-21(13-11-9-7-2)18-24(29)26(27(25)30)23-17-20(5)14-15-22(23)19(3)4/h17-18,22-23,29-30H,3,6-16H2,1-2,4-5H3. The van der Waals surface area contributed by atoms with E-state index in [9.17, 15) is 15.0 Å². The monoisotopic (exact) mass is 442 g/mol. The van der Waals surface area contributed by atoms with E-state index in [1.807, 2.05) is 6.92 Å². The summed E-state index contributed by atoms with van der Waals surface area (Å²) in [7, 11) is 0. The number of aryl methyl sites for hydroxylation is 1. The number of unbranched alkanes of at least 4 members (excludes halogenated alkanes) is 5. The molecule has 32 heavy (non-hydrogen) atoms. The molecule has 0 saturated heterocycles. The second-order valence-electron chi connectivity index (χ2n) is 9.38. The molecule has 1 aliphatic carbocycles. The van der Waals surface area contributed by atoms with Gasteiger partial charge in [0.1, 0.15) is 17.1 Å². The summed E-state index contributed by atoms with van der Waals surface area (Å²) < 4.78 is 5.57. The van der Waals surface area contributed by atoms with Crippen LogP contribution < -0.4 is 0 Å². The number of benzene rings is 1. The van der Waals surface area contributed by atoms with Gasteiger partial charge in [-0.15, -0.1) is 0 Å². The van der Waals surface area contributed by atoms with Crippen molar-refractivity contribution in [3.63, 3.8) is 0 Å². The second kappa shape index (κ2) is 12.7. The molecule has 178 valence electrons. The van der Waals surface area contributed by atoms with Crippen LogP contribution in [0.2, 0.25) is 0 Å². The molecule has 1 aromatic rings. The van der Waals surface area contributed by atoms with Gasteiger partial charge in [-0.05, 0) is 63.5 Å². The van der Waals surface area contributed by atoms with Gasteiger partial charge in [0.2, 0.25) is 0 Å². The van der Waals surface area contributed by atoms with Crippen molar-refractivity contribution in [3.8, 4) is 11.5 Å². The van der Waals surface area contributed by atoms with Crippen LogP contribution in [0.4, 0.5) is 0 Å². The van der Waals surface area contributed by atoms with Crippen LogP contribution in [-0.4, -0.2) is 22.8 Å². The first-order valence-electron chi connectivity index (χ1n) is 12.4. The van der Waals surface area contributed by atoms with E-state index in [0.29, 0.717) is 24.2 Å². The predicted molar refractivity (Wildman–Crippen MR) is 131 cm³/mol. The van der Waals surface area contributed by atoms with Gasteiger partial charge in [0.05, 0.1) is 6.61 Å². The fraction of sp³-hybridized carbons (Fsp3) is 0.607. The lowest BCUT2D eigenvalue weighted by atomic mass is 9.73. The van der Waals surface area contributed by atoms with E-state index in [0.717, 1.165) is 63.4 Å². The summed E-state index contributed by atoms with van der Waals surface area (Å²) in [6, 6.07) is 1.67. The maximum absolute atomic E-state index is 13.1. The molecule has 0 aromatic heterocycles. The van der Waals surface area contributed by atoms with Crippen molar-refractivity contribution in [3.05, 3.63) is 46.6 Å². The number of phenolic OH excluding ortho intramolecular Hbond substituents is 2. The maximum atomic E-state index is 13.1. The van der Waals surface area contributed by atoms with E-state index < -0.39 is 5.97 Å². The summed E-state index contributed by atoms with van der Waals surface area (Å²) in [6.07, 6.45) is 11.7. The average molecular weight is 443 g/mol. The number of hydrogen-bond donors (Lipinski definition) is 2. The minimum Gasteiger partial charge on any atom is -0.507 e. The molecule has 0 bridgehead atoms. The molecule has 0 fully saturated rings. The molecule has 2 unspecified atom stereocenters. The third-order valence-corrected chi connectivity index (χ3v) is 6.60. The minimum absolute atomic E-state index is 0.0516. The number of phenols is 2. The van der Waals surface area contributed by atoms with Crippen LogP contribution in [-0.2, 0) is 11.2 Å². The Morgan fingerprint density at radius 2 is 1.81 bits per heavy atom. The first-order valence-corrected chi connectivity index (χ1v) is 12.4. The third kappa shape index (κ3) is 6.63. The van der Waals surface area contributed by atoms with Gasteiger partial charge in [-0.25, -0.2) is 4.79 Å². The van der Waals surface area contributed by atoms with Crippen LogP contribution in [0, 0.1) is 5.92 Å².